The molecule has 1 heterocycles. The first kappa shape index (κ1) is 13.3. The van der Waals surface area contributed by atoms with Crippen LogP contribution in [0.2, 0.25) is 10.2 Å². The number of nitrogens with one attached hydrogen (secondary N) is 1. The van der Waals surface area contributed by atoms with Gasteiger partial charge in [0.25, 0.3) is 0 Å². The fourth-order valence-corrected chi connectivity index (χ4v) is 2.43. The van der Waals surface area contributed by atoms with Crippen LogP contribution in [0.4, 0.5) is 0 Å². The van der Waals surface area contributed by atoms with Crippen molar-refractivity contribution in [1.82, 2.24) is 9.55 Å². The van der Waals surface area contributed by atoms with Crippen molar-refractivity contribution in [3.05, 3.63) is 46.5 Å². The maximum absolute atomic E-state index is 7.22. The average molecular weight is 301 g/mol. The summed E-state index contributed by atoms with van der Waals surface area (Å²) in [5.41, 5.74) is 7.04. The molecular formula is C11H10Cl2N4S. The first-order chi connectivity index (χ1) is 8.58. The van der Waals surface area contributed by atoms with Gasteiger partial charge in [0.1, 0.15) is 6.33 Å². The molecule has 18 heavy (non-hydrogen) atoms. The smallest absolute Gasteiger partial charge is 0.151 e. The summed E-state index contributed by atoms with van der Waals surface area (Å²) in [4.78, 5) is 4.06. The highest BCUT2D eigenvalue weighted by Gasteiger charge is 2.11. The largest absolute Gasteiger partial charge is 0.379 e. The van der Waals surface area contributed by atoms with Crippen molar-refractivity contribution in [3.8, 4) is 5.69 Å². The van der Waals surface area contributed by atoms with Crippen molar-refractivity contribution in [1.29, 1.82) is 5.41 Å². The van der Waals surface area contributed by atoms with Crippen LogP contribution in [0.15, 0.2) is 30.6 Å². The van der Waals surface area contributed by atoms with Crippen LogP contribution in [0, 0.1) is 5.41 Å². The molecular weight excluding hydrogens is 291 g/mol. The van der Waals surface area contributed by atoms with Crippen molar-refractivity contribution < 1.29 is 0 Å². The molecule has 0 saturated carbocycles. The van der Waals surface area contributed by atoms with Gasteiger partial charge >= 0.3 is 0 Å². The number of nitrogens with zero attached hydrogens (tertiary/aromatic N) is 2. The van der Waals surface area contributed by atoms with Crippen LogP contribution in [0.1, 0.15) is 5.69 Å². The predicted octanol–water partition coefficient (Wildman–Crippen LogP) is 3.31. The van der Waals surface area contributed by atoms with E-state index in [1.807, 2.05) is 16.7 Å². The number of hydrogen-bond donors (Lipinski definition) is 2. The summed E-state index contributed by atoms with van der Waals surface area (Å²) in [5, 5.41) is 8.36. The van der Waals surface area contributed by atoms with E-state index in [1.54, 1.807) is 18.5 Å². The second-order valence-electron chi connectivity index (χ2n) is 3.48. The lowest BCUT2D eigenvalue weighted by molar-refractivity contribution is 0.996. The Kier molecular flexibility index (Phi) is 4.16. The minimum absolute atomic E-state index is 0.0509. The Hall–Kier alpha value is -1.17. The lowest BCUT2D eigenvalue weighted by Crippen LogP contribution is -2.06. The van der Waals surface area contributed by atoms with Crippen LogP contribution >= 0.6 is 35.0 Å². The number of rotatable bonds is 3. The standard InChI is InChI=1S/C11H10Cl2N4S/c12-7-1-3-8(4-2-7)17-6-16-10(13)9(17)5-18-11(14)15/h1-4,6H,5H2,(H3,14,15). The highest BCUT2D eigenvalue weighted by atomic mass is 35.5. The second-order valence-corrected chi connectivity index (χ2v) is 5.29. The Morgan fingerprint density at radius 2 is 2.00 bits per heavy atom. The highest BCUT2D eigenvalue weighted by molar-refractivity contribution is 8.13. The first-order valence-electron chi connectivity index (χ1n) is 5.02. The van der Waals surface area contributed by atoms with Crippen LogP contribution < -0.4 is 5.73 Å². The Bertz CT molecular complexity index is 565. The molecule has 4 nitrogen and oxygen atoms in total. The zero-order valence-electron chi connectivity index (χ0n) is 9.23. The number of nitrogens with two attached hydrogens (primary N) is 1. The quantitative estimate of drug-likeness (QED) is 0.675. The molecule has 0 saturated heterocycles. The van der Waals surface area contributed by atoms with Gasteiger partial charge in [-0.05, 0) is 24.3 Å². The molecule has 2 aromatic rings. The minimum atomic E-state index is 0.0509. The van der Waals surface area contributed by atoms with Gasteiger partial charge in [-0.1, -0.05) is 35.0 Å². The molecule has 7 heteroatoms. The van der Waals surface area contributed by atoms with Crippen molar-refractivity contribution in [2.24, 2.45) is 5.73 Å². The lowest BCUT2D eigenvalue weighted by atomic mass is 10.3. The third-order valence-electron chi connectivity index (χ3n) is 2.28. The summed E-state index contributed by atoms with van der Waals surface area (Å²) in [6, 6.07) is 7.35. The van der Waals surface area contributed by atoms with E-state index in [4.69, 9.17) is 34.3 Å². The van der Waals surface area contributed by atoms with Gasteiger partial charge in [0.05, 0.1) is 5.69 Å². The molecule has 0 fully saturated rings. The van der Waals surface area contributed by atoms with Gasteiger partial charge in [-0.3, -0.25) is 5.41 Å². The summed E-state index contributed by atoms with van der Waals surface area (Å²) in [7, 11) is 0. The number of aromatic nitrogens is 2. The molecule has 0 aliphatic carbocycles. The van der Waals surface area contributed by atoms with E-state index >= 15 is 0 Å². The third kappa shape index (κ3) is 2.98. The molecule has 0 spiro atoms. The zero-order chi connectivity index (χ0) is 13.1. The van der Waals surface area contributed by atoms with E-state index in [1.165, 1.54) is 11.8 Å². The SMILES string of the molecule is N=C(N)SCc1c(Cl)ncn1-c1ccc(Cl)cc1. The van der Waals surface area contributed by atoms with Crippen LogP contribution in [0.25, 0.3) is 5.69 Å². The lowest BCUT2D eigenvalue weighted by Gasteiger charge is -2.08. The highest BCUT2D eigenvalue weighted by Crippen LogP contribution is 2.24. The predicted molar refractivity (Wildman–Crippen MR) is 76.8 cm³/mol. The number of thioether (sulfide) groups is 1. The number of imidazole rings is 1. The Balaban J connectivity index is 2.33. The van der Waals surface area contributed by atoms with E-state index in [9.17, 15) is 0 Å². The van der Waals surface area contributed by atoms with Crippen molar-refractivity contribution in [3.63, 3.8) is 0 Å². The average Bonchev–Trinajstić information content (AvgIpc) is 2.69. The van der Waals surface area contributed by atoms with Crippen LogP contribution in [0.3, 0.4) is 0 Å². The summed E-state index contributed by atoms with van der Waals surface area (Å²) in [5.74, 6) is 0.497. The van der Waals surface area contributed by atoms with Gasteiger partial charge in [-0.2, -0.15) is 0 Å². The van der Waals surface area contributed by atoms with Gasteiger partial charge in [-0.15, -0.1) is 0 Å². The molecule has 1 aromatic carbocycles. The van der Waals surface area contributed by atoms with Crippen LogP contribution in [-0.2, 0) is 5.75 Å². The van der Waals surface area contributed by atoms with Crippen molar-refractivity contribution in [2.75, 3.05) is 0 Å². The maximum atomic E-state index is 7.22. The van der Waals surface area contributed by atoms with E-state index in [-0.39, 0.29) is 5.17 Å². The summed E-state index contributed by atoms with van der Waals surface area (Å²) in [6.07, 6.45) is 1.64. The number of benzene rings is 1. The fourth-order valence-electron chi connectivity index (χ4n) is 1.45. The zero-order valence-corrected chi connectivity index (χ0v) is 11.6. The topological polar surface area (TPSA) is 67.7 Å². The van der Waals surface area contributed by atoms with Crippen LogP contribution in [0.5, 0.6) is 0 Å². The van der Waals surface area contributed by atoms with E-state index in [0.717, 1.165) is 11.4 Å². The molecule has 0 radical (unpaired) electrons. The van der Waals surface area contributed by atoms with Crippen molar-refractivity contribution >= 4 is 40.1 Å². The van der Waals surface area contributed by atoms with Crippen LogP contribution in [-0.4, -0.2) is 14.7 Å². The molecule has 0 atom stereocenters. The molecule has 2 rings (SSSR count). The monoisotopic (exact) mass is 300 g/mol. The van der Waals surface area contributed by atoms with E-state index in [2.05, 4.69) is 4.98 Å². The number of hydrogen-bond acceptors (Lipinski definition) is 3. The molecule has 3 N–H and O–H groups in total. The molecule has 0 aliphatic rings. The summed E-state index contributed by atoms with van der Waals surface area (Å²) in [6.45, 7) is 0. The summed E-state index contributed by atoms with van der Waals surface area (Å²) >= 11 is 13.1. The molecule has 1 aromatic heterocycles. The van der Waals surface area contributed by atoms with Gasteiger partial charge < -0.3 is 10.3 Å². The van der Waals surface area contributed by atoms with Gasteiger partial charge in [-0.25, -0.2) is 4.98 Å². The normalized spacial score (nSPS) is 10.6. The third-order valence-corrected chi connectivity index (χ3v) is 3.58. The number of amidine groups is 1. The number of halogens is 2. The van der Waals surface area contributed by atoms with Gasteiger partial charge in [0, 0.05) is 16.5 Å². The Morgan fingerprint density at radius 3 is 2.61 bits per heavy atom. The molecule has 0 unspecified atom stereocenters. The second kappa shape index (κ2) is 5.65. The van der Waals surface area contributed by atoms with E-state index < -0.39 is 0 Å². The maximum Gasteiger partial charge on any atom is 0.151 e. The van der Waals surface area contributed by atoms with E-state index in [0.29, 0.717) is 15.9 Å². The van der Waals surface area contributed by atoms with Gasteiger partial charge in [0.15, 0.2) is 10.3 Å². The van der Waals surface area contributed by atoms with Gasteiger partial charge in [0.2, 0.25) is 0 Å². The summed E-state index contributed by atoms with van der Waals surface area (Å²) < 4.78 is 1.86. The molecule has 0 amide bonds. The molecule has 0 aliphatic heterocycles. The Labute approximate surface area is 119 Å². The fraction of sp³-hybridized carbons (Fsp3) is 0.0909. The molecule has 94 valence electrons. The minimum Gasteiger partial charge on any atom is -0.379 e. The molecule has 0 bridgehead atoms. The first-order valence-corrected chi connectivity index (χ1v) is 6.76. The van der Waals surface area contributed by atoms with Crippen molar-refractivity contribution in [2.45, 2.75) is 5.75 Å². The Morgan fingerprint density at radius 1 is 1.33 bits per heavy atom.